The van der Waals surface area contributed by atoms with Crippen molar-refractivity contribution in [1.82, 2.24) is 9.55 Å². The van der Waals surface area contributed by atoms with Crippen molar-refractivity contribution in [2.75, 3.05) is 18.0 Å². The lowest BCUT2D eigenvalue weighted by Crippen LogP contribution is -2.50. The molecule has 0 bridgehead atoms. The molecular formula is C19H17ClF4N4. The van der Waals surface area contributed by atoms with Gasteiger partial charge in [0.15, 0.2) is 11.6 Å². The summed E-state index contributed by atoms with van der Waals surface area (Å²) in [6.07, 6.45) is -0.880. The molecule has 2 aromatic carbocycles. The van der Waals surface area contributed by atoms with Gasteiger partial charge in [0.2, 0.25) is 5.95 Å². The van der Waals surface area contributed by atoms with E-state index in [2.05, 4.69) is 4.98 Å². The van der Waals surface area contributed by atoms with E-state index >= 15 is 0 Å². The molecule has 1 fully saturated rings. The Morgan fingerprint density at radius 2 is 1.86 bits per heavy atom. The van der Waals surface area contributed by atoms with Gasteiger partial charge >= 0.3 is 0 Å². The molecule has 1 saturated heterocycles. The molecule has 3 aromatic rings. The van der Waals surface area contributed by atoms with E-state index in [4.69, 9.17) is 17.3 Å². The van der Waals surface area contributed by atoms with Gasteiger partial charge in [-0.05, 0) is 24.1 Å². The zero-order valence-electron chi connectivity index (χ0n) is 14.7. The summed E-state index contributed by atoms with van der Waals surface area (Å²) < 4.78 is 56.5. The molecule has 1 aromatic heterocycles. The highest BCUT2D eigenvalue weighted by molar-refractivity contribution is 6.30. The first-order valence-corrected chi connectivity index (χ1v) is 9.15. The molecule has 2 atom stereocenters. The molecule has 0 amide bonds. The van der Waals surface area contributed by atoms with Crippen molar-refractivity contribution in [3.05, 3.63) is 58.4 Å². The molecule has 0 aliphatic carbocycles. The second-order valence-electron chi connectivity index (χ2n) is 6.92. The third-order valence-corrected chi connectivity index (χ3v) is 5.24. The predicted octanol–water partition coefficient (Wildman–Crippen LogP) is 4.03. The maximum absolute atomic E-state index is 13.9. The van der Waals surface area contributed by atoms with E-state index in [1.165, 1.54) is 12.1 Å². The molecule has 0 spiro atoms. The maximum Gasteiger partial charge on any atom is 0.206 e. The Labute approximate surface area is 163 Å². The topological polar surface area (TPSA) is 47.1 Å². The normalized spacial score (nSPS) is 20.1. The SMILES string of the molecule is NC1CN(c2nc3cc(F)c(F)cc3n2Cc2ccc(F)c(Cl)c2)CCC1F. The summed E-state index contributed by atoms with van der Waals surface area (Å²) in [4.78, 5) is 6.22. The smallest absolute Gasteiger partial charge is 0.206 e. The molecule has 0 saturated carbocycles. The molecule has 9 heteroatoms. The number of alkyl halides is 1. The van der Waals surface area contributed by atoms with Gasteiger partial charge in [0.25, 0.3) is 0 Å². The van der Waals surface area contributed by atoms with Crippen molar-refractivity contribution in [2.45, 2.75) is 25.2 Å². The van der Waals surface area contributed by atoms with Crippen LogP contribution in [-0.2, 0) is 6.54 Å². The van der Waals surface area contributed by atoms with E-state index in [0.717, 1.165) is 12.1 Å². The van der Waals surface area contributed by atoms with Crippen LogP contribution in [0.15, 0.2) is 30.3 Å². The summed E-state index contributed by atoms with van der Waals surface area (Å²) in [7, 11) is 0. The van der Waals surface area contributed by atoms with Gasteiger partial charge < -0.3 is 15.2 Å². The van der Waals surface area contributed by atoms with E-state index in [1.807, 2.05) is 0 Å². The molecule has 2 N–H and O–H groups in total. The Kier molecular flexibility index (Phi) is 4.93. The first kappa shape index (κ1) is 19.0. The number of hydrogen-bond donors (Lipinski definition) is 1. The van der Waals surface area contributed by atoms with E-state index in [9.17, 15) is 17.6 Å². The van der Waals surface area contributed by atoms with Crippen LogP contribution >= 0.6 is 11.6 Å². The molecule has 4 nitrogen and oxygen atoms in total. The third kappa shape index (κ3) is 3.42. The lowest BCUT2D eigenvalue weighted by atomic mass is 10.1. The van der Waals surface area contributed by atoms with Crippen LogP contribution in [0, 0.1) is 17.5 Å². The highest BCUT2D eigenvalue weighted by Crippen LogP contribution is 2.29. The minimum absolute atomic E-state index is 0.0408. The van der Waals surface area contributed by atoms with Crippen LogP contribution in [0.4, 0.5) is 23.5 Å². The fourth-order valence-corrected chi connectivity index (χ4v) is 3.66. The highest BCUT2D eigenvalue weighted by Gasteiger charge is 2.29. The molecule has 28 heavy (non-hydrogen) atoms. The highest BCUT2D eigenvalue weighted by atomic mass is 35.5. The lowest BCUT2D eigenvalue weighted by Gasteiger charge is -2.34. The number of rotatable bonds is 3. The number of nitrogens with two attached hydrogens (primary N) is 1. The Bertz CT molecular complexity index is 1040. The summed E-state index contributed by atoms with van der Waals surface area (Å²) >= 11 is 5.86. The second kappa shape index (κ2) is 7.25. The number of benzene rings is 2. The largest absolute Gasteiger partial charge is 0.340 e. The molecular weight excluding hydrogens is 396 g/mol. The second-order valence-corrected chi connectivity index (χ2v) is 7.32. The molecule has 1 aliphatic rings. The maximum atomic E-state index is 13.9. The number of piperidine rings is 1. The number of anilines is 1. The van der Waals surface area contributed by atoms with E-state index in [1.54, 1.807) is 15.5 Å². The first-order chi connectivity index (χ1) is 13.3. The van der Waals surface area contributed by atoms with Crippen molar-refractivity contribution in [3.63, 3.8) is 0 Å². The van der Waals surface area contributed by atoms with Crippen LogP contribution in [-0.4, -0.2) is 34.9 Å². The van der Waals surface area contributed by atoms with E-state index < -0.39 is 29.7 Å². The average molecular weight is 413 g/mol. The van der Waals surface area contributed by atoms with E-state index in [0.29, 0.717) is 23.6 Å². The quantitative estimate of drug-likeness (QED) is 0.661. The Hall–Kier alpha value is -2.32. The number of imidazole rings is 1. The van der Waals surface area contributed by atoms with Crippen molar-refractivity contribution in [1.29, 1.82) is 0 Å². The van der Waals surface area contributed by atoms with Gasteiger partial charge in [0.1, 0.15) is 12.0 Å². The van der Waals surface area contributed by atoms with E-state index in [-0.39, 0.29) is 30.0 Å². The van der Waals surface area contributed by atoms with Crippen LogP contribution in [0.5, 0.6) is 0 Å². The monoisotopic (exact) mass is 412 g/mol. The first-order valence-electron chi connectivity index (χ1n) is 8.77. The molecule has 4 rings (SSSR count). The van der Waals surface area contributed by atoms with Gasteiger partial charge in [-0.15, -0.1) is 0 Å². The average Bonchev–Trinajstić information content (AvgIpc) is 2.98. The molecule has 2 unspecified atom stereocenters. The number of halogens is 5. The summed E-state index contributed by atoms with van der Waals surface area (Å²) in [5, 5.41) is -0.0408. The summed E-state index contributed by atoms with van der Waals surface area (Å²) in [6, 6.07) is 5.65. The summed E-state index contributed by atoms with van der Waals surface area (Å²) in [5.74, 6) is -2.14. The fraction of sp³-hybridized carbons (Fsp3) is 0.316. The van der Waals surface area contributed by atoms with Gasteiger partial charge in [-0.2, -0.15) is 0 Å². The van der Waals surface area contributed by atoms with Crippen molar-refractivity contribution >= 4 is 28.6 Å². The van der Waals surface area contributed by atoms with Gasteiger partial charge in [0, 0.05) is 25.2 Å². The van der Waals surface area contributed by atoms with Crippen LogP contribution < -0.4 is 10.6 Å². The minimum atomic E-state index is -1.11. The number of hydrogen-bond acceptors (Lipinski definition) is 3. The van der Waals surface area contributed by atoms with Gasteiger partial charge in [0.05, 0.1) is 28.6 Å². The fourth-order valence-electron chi connectivity index (χ4n) is 3.46. The van der Waals surface area contributed by atoms with Crippen LogP contribution in [0.3, 0.4) is 0 Å². The van der Waals surface area contributed by atoms with Crippen molar-refractivity contribution in [2.24, 2.45) is 5.73 Å². The number of fused-ring (bicyclic) bond motifs is 1. The summed E-state index contributed by atoms with van der Waals surface area (Å²) in [5.41, 5.74) is 7.14. The zero-order valence-corrected chi connectivity index (χ0v) is 15.4. The van der Waals surface area contributed by atoms with Gasteiger partial charge in [-0.1, -0.05) is 17.7 Å². The number of aromatic nitrogens is 2. The Balaban J connectivity index is 1.81. The Morgan fingerprint density at radius 3 is 2.57 bits per heavy atom. The third-order valence-electron chi connectivity index (χ3n) is 4.95. The zero-order chi connectivity index (χ0) is 20.0. The molecule has 1 aliphatic heterocycles. The van der Waals surface area contributed by atoms with Crippen LogP contribution in [0.1, 0.15) is 12.0 Å². The minimum Gasteiger partial charge on any atom is -0.340 e. The number of nitrogens with zero attached hydrogens (tertiary/aromatic N) is 3. The molecule has 148 valence electrons. The molecule has 2 heterocycles. The van der Waals surface area contributed by atoms with Gasteiger partial charge in [-0.25, -0.2) is 22.5 Å². The lowest BCUT2D eigenvalue weighted by molar-refractivity contribution is 0.243. The van der Waals surface area contributed by atoms with Crippen molar-refractivity contribution < 1.29 is 17.6 Å². The van der Waals surface area contributed by atoms with Gasteiger partial charge in [-0.3, -0.25) is 0 Å². The Morgan fingerprint density at radius 1 is 1.11 bits per heavy atom. The van der Waals surface area contributed by atoms with Crippen LogP contribution in [0.2, 0.25) is 5.02 Å². The van der Waals surface area contributed by atoms with Crippen LogP contribution in [0.25, 0.3) is 11.0 Å². The molecule has 0 radical (unpaired) electrons. The summed E-state index contributed by atoms with van der Waals surface area (Å²) in [6.45, 7) is 0.786. The van der Waals surface area contributed by atoms with Crippen molar-refractivity contribution in [3.8, 4) is 0 Å². The standard InChI is InChI=1S/C19H17ClF4N4/c20-11-5-10(1-2-12(11)21)8-28-18-7-15(24)14(23)6-17(18)26-19(28)27-4-3-13(22)16(25)9-27/h1-2,5-7,13,16H,3-4,8-9,25H2. The predicted molar refractivity (Wildman–Crippen MR) is 99.9 cm³/mol.